The van der Waals surface area contributed by atoms with Crippen LogP contribution in [0.1, 0.15) is 26.2 Å². The van der Waals surface area contributed by atoms with Gasteiger partial charge >= 0.3 is 6.09 Å². The molecule has 0 aromatic rings. The Morgan fingerprint density at radius 3 is 2.57 bits per heavy atom. The maximum atomic E-state index is 14.8. The number of hydrogen-bond acceptors (Lipinski definition) is 5. The first-order valence-electron chi connectivity index (χ1n) is 9.20. The number of carbonyl (C=O) groups is 2. The number of piperidine rings is 1. The molecular formula is C18H24F3N3O4. The number of carbonyl (C=O) groups excluding carboxylic acids is 2. The van der Waals surface area contributed by atoms with Crippen LogP contribution in [0.25, 0.3) is 0 Å². The number of nitrogens with zero attached hydrogens (tertiary/aromatic N) is 2. The van der Waals surface area contributed by atoms with Gasteiger partial charge in [-0.1, -0.05) is 0 Å². The molecule has 2 heterocycles. The summed E-state index contributed by atoms with van der Waals surface area (Å²) in [6, 6.07) is 0. The van der Waals surface area contributed by atoms with E-state index in [0.29, 0.717) is 0 Å². The molecule has 10 heteroatoms. The molecule has 1 aliphatic carbocycles. The van der Waals surface area contributed by atoms with Gasteiger partial charge in [-0.15, -0.1) is 0 Å². The fourth-order valence-electron chi connectivity index (χ4n) is 3.62. The van der Waals surface area contributed by atoms with Gasteiger partial charge in [0.05, 0.1) is 31.8 Å². The number of nitrogens with one attached hydrogen (secondary N) is 1. The number of hydrogen-bond donors (Lipinski definition) is 2. The molecule has 2 N–H and O–H groups in total. The molecule has 0 saturated carbocycles. The van der Waals surface area contributed by atoms with Crippen molar-refractivity contribution in [2.75, 3.05) is 32.8 Å². The number of ether oxygens (including phenoxy) is 1. The Balaban J connectivity index is 1.69. The Morgan fingerprint density at radius 2 is 2.00 bits per heavy atom. The molecule has 156 valence electrons. The molecule has 1 atom stereocenters. The van der Waals surface area contributed by atoms with Crippen LogP contribution in [0.4, 0.5) is 18.0 Å². The highest BCUT2D eigenvalue weighted by Crippen LogP contribution is 2.40. The average molecular weight is 403 g/mol. The van der Waals surface area contributed by atoms with Gasteiger partial charge in [0, 0.05) is 38.6 Å². The monoisotopic (exact) mass is 403 g/mol. The fourth-order valence-corrected chi connectivity index (χ4v) is 3.62. The second-order valence-electron chi connectivity index (χ2n) is 7.44. The SMILES string of the molecule is CC(=O)NC[C@H]1CN(C2=CC=C(N3CCC(F)(CO)CC3)C(F)(F)C2)C(=O)O1. The van der Waals surface area contributed by atoms with E-state index in [2.05, 4.69) is 5.32 Å². The Labute approximate surface area is 160 Å². The zero-order valence-electron chi connectivity index (χ0n) is 15.6. The molecule has 3 aliphatic rings. The molecule has 0 radical (unpaired) electrons. The van der Waals surface area contributed by atoms with Crippen molar-refractivity contribution in [3.8, 4) is 0 Å². The third-order valence-electron chi connectivity index (χ3n) is 5.29. The lowest BCUT2D eigenvalue weighted by atomic mass is 9.92. The standard InChI is InChI=1S/C18H24F3N3O4/c1-12(26)22-9-14-10-24(16(27)28-14)13-2-3-15(18(20,21)8-13)23-6-4-17(19,11-25)5-7-23/h2-3,14,25H,4-11H2,1H3,(H,22,26)/t14-/m0/s1. The van der Waals surface area contributed by atoms with E-state index in [9.17, 15) is 22.8 Å². The van der Waals surface area contributed by atoms with Gasteiger partial charge in [0.1, 0.15) is 11.8 Å². The average Bonchev–Trinajstić information content (AvgIpc) is 3.01. The minimum atomic E-state index is -3.21. The van der Waals surface area contributed by atoms with E-state index in [4.69, 9.17) is 9.84 Å². The predicted molar refractivity (Wildman–Crippen MR) is 93.1 cm³/mol. The van der Waals surface area contributed by atoms with Crippen molar-refractivity contribution in [1.29, 1.82) is 0 Å². The minimum Gasteiger partial charge on any atom is -0.442 e. The van der Waals surface area contributed by atoms with Crippen LogP contribution in [-0.2, 0) is 9.53 Å². The molecule has 2 aliphatic heterocycles. The molecule has 2 saturated heterocycles. The summed E-state index contributed by atoms with van der Waals surface area (Å²) >= 11 is 0. The predicted octanol–water partition coefficient (Wildman–Crippen LogP) is 1.55. The quantitative estimate of drug-likeness (QED) is 0.728. The highest BCUT2D eigenvalue weighted by atomic mass is 19.3. The molecule has 3 rings (SSSR count). The molecule has 0 spiro atoms. The van der Waals surface area contributed by atoms with Gasteiger partial charge < -0.3 is 20.1 Å². The zero-order chi connectivity index (χ0) is 20.5. The van der Waals surface area contributed by atoms with Crippen LogP contribution in [-0.4, -0.2) is 77.4 Å². The molecule has 2 fully saturated rings. The number of aliphatic hydroxyl groups excluding tert-OH is 1. The van der Waals surface area contributed by atoms with E-state index >= 15 is 0 Å². The summed E-state index contributed by atoms with van der Waals surface area (Å²) in [7, 11) is 0. The summed E-state index contributed by atoms with van der Waals surface area (Å²) in [6.07, 6.45) is 0.688. The largest absolute Gasteiger partial charge is 0.442 e. The van der Waals surface area contributed by atoms with Gasteiger partial charge in [0.15, 0.2) is 0 Å². The van der Waals surface area contributed by atoms with Gasteiger partial charge in [-0.2, -0.15) is 8.78 Å². The van der Waals surface area contributed by atoms with Crippen molar-refractivity contribution in [2.45, 2.75) is 43.9 Å². The Kier molecular flexibility index (Phi) is 5.60. The number of rotatable bonds is 5. The summed E-state index contributed by atoms with van der Waals surface area (Å²) in [5.74, 6) is -3.49. The van der Waals surface area contributed by atoms with Gasteiger partial charge in [-0.25, -0.2) is 9.18 Å². The second-order valence-corrected chi connectivity index (χ2v) is 7.44. The number of halogens is 3. The summed E-state index contributed by atoms with van der Waals surface area (Å²) in [5.41, 5.74) is -1.79. The highest BCUT2D eigenvalue weighted by Gasteiger charge is 2.46. The first kappa shape index (κ1) is 20.5. The van der Waals surface area contributed by atoms with Crippen LogP contribution in [0.2, 0.25) is 0 Å². The summed E-state index contributed by atoms with van der Waals surface area (Å²) in [4.78, 5) is 25.6. The number of cyclic esters (lactones) is 1. The maximum absolute atomic E-state index is 14.8. The van der Waals surface area contributed by atoms with Crippen LogP contribution >= 0.6 is 0 Å². The maximum Gasteiger partial charge on any atom is 0.414 e. The first-order chi connectivity index (χ1) is 13.1. The second kappa shape index (κ2) is 7.65. The summed E-state index contributed by atoms with van der Waals surface area (Å²) in [6.45, 7) is 1.09. The third-order valence-corrected chi connectivity index (χ3v) is 5.29. The van der Waals surface area contributed by atoms with Crippen LogP contribution in [0.3, 0.4) is 0 Å². The van der Waals surface area contributed by atoms with Crippen LogP contribution in [0.15, 0.2) is 23.5 Å². The molecule has 0 aromatic carbocycles. The number of alkyl halides is 3. The zero-order valence-corrected chi connectivity index (χ0v) is 15.6. The van der Waals surface area contributed by atoms with Crippen molar-refractivity contribution < 1.29 is 32.6 Å². The van der Waals surface area contributed by atoms with E-state index in [1.54, 1.807) is 0 Å². The van der Waals surface area contributed by atoms with Crippen molar-refractivity contribution >= 4 is 12.0 Å². The van der Waals surface area contributed by atoms with E-state index < -0.39 is 36.8 Å². The topological polar surface area (TPSA) is 82.1 Å². The number of allylic oxidation sites excluding steroid dienone is 4. The summed E-state index contributed by atoms with van der Waals surface area (Å²) < 4.78 is 48.8. The number of amides is 2. The van der Waals surface area contributed by atoms with E-state index in [0.717, 1.165) is 4.90 Å². The molecular weight excluding hydrogens is 379 g/mol. The summed E-state index contributed by atoms with van der Waals surface area (Å²) in [5, 5.41) is 11.6. The van der Waals surface area contributed by atoms with Crippen molar-refractivity contribution in [3.63, 3.8) is 0 Å². The Hall–Kier alpha value is -2.23. The molecule has 0 unspecified atom stereocenters. The van der Waals surface area contributed by atoms with Crippen LogP contribution < -0.4 is 5.32 Å². The van der Waals surface area contributed by atoms with E-state index in [1.165, 1.54) is 24.0 Å². The molecule has 2 amide bonds. The highest BCUT2D eigenvalue weighted by molar-refractivity contribution is 5.74. The lowest BCUT2D eigenvalue weighted by molar-refractivity contribution is -0.119. The van der Waals surface area contributed by atoms with Gasteiger partial charge in [0.25, 0.3) is 5.92 Å². The molecule has 7 nitrogen and oxygen atoms in total. The lowest BCUT2D eigenvalue weighted by Gasteiger charge is -2.41. The normalized spacial score (nSPS) is 26.5. The van der Waals surface area contributed by atoms with E-state index in [-0.39, 0.29) is 56.3 Å². The molecule has 28 heavy (non-hydrogen) atoms. The minimum absolute atomic E-state index is 0.0171. The van der Waals surface area contributed by atoms with Crippen molar-refractivity contribution in [3.05, 3.63) is 23.5 Å². The third kappa shape index (κ3) is 4.26. The lowest BCUT2D eigenvalue weighted by Crippen LogP contribution is -2.47. The Morgan fingerprint density at radius 1 is 1.32 bits per heavy atom. The van der Waals surface area contributed by atoms with Crippen molar-refractivity contribution in [2.24, 2.45) is 0 Å². The van der Waals surface area contributed by atoms with Gasteiger partial charge in [0.2, 0.25) is 5.91 Å². The number of aliphatic hydroxyl groups is 1. The molecule has 0 aromatic heterocycles. The molecule has 0 bridgehead atoms. The van der Waals surface area contributed by atoms with Crippen LogP contribution in [0, 0.1) is 0 Å². The smallest absolute Gasteiger partial charge is 0.414 e. The van der Waals surface area contributed by atoms with Gasteiger partial charge in [-0.05, 0) is 12.2 Å². The number of likely N-dealkylation sites (tertiary alicyclic amines) is 1. The van der Waals surface area contributed by atoms with Gasteiger partial charge in [-0.3, -0.25) is 9.69 Å². The fraction of sp³-hybridized carbons (Fsp3) is 0.667. The van der Waals surface area contributed by atoms with Crippen LogP contribution in [0.5, 0.6) is 0 Å². The first-order valence-corrected chi connectivity index (χ1v) is 9.20. The van der Waals surface area contributed by atoms with Crippen molar-refractivity contribution in [1.82, 2.24) is 15.1 Å². The Bertz CT molecular complexity index is 702. The van der Waals surface area contributed by atoms with E-state index in [1.807, 2.05) is 0 Å².